The lowest BCUT2D eigenvalue weighted by atomic mass is 10.1. The number of nitrogens with zero attached hydrogens (tertiary/aromatic N) is 2. The van der Waals surface area contributed by atoms with Crippen LogP contribution in [0.25, 0.3) is 4.98 Å². The van der Waals surface area contributed by atoms with Gasteiger partial charge in [-0.25, -0.2) is 0 Å². The third kappa shape index (κ3) is 1.47. The number of hydrogen-bond acceptors (Lipinski definition) is 2. The molecule has 0 radical (unpaired) electrons. The Kier molecular flexibility index (Phi) is 2.27. The number of allylic oxidation sites excluding steroid dienone is 1. The highest BCUT2D eigenvalue weighted by molar-refractivity contribution is 5.01. The molecule has 1 aliphatic carbocycles. The zero-order valence-electron chi connectivity index (χ0n) is 5.82. The zero-order valence-corrected chi connectivity index (χ0v) is 5.82. The van der Waals surface area contributed by atoms with Gasteiger partial charge in [0.25, 0.3) is 0 Å². The second kappa shape index (κ2) is 3.21. The minimum Gasteiger partial charge on any atom is -0.505 e. The van der Waals surface area contributed by atoms with Crippen molar-refractivity contribution in [2.75, 3.05) is 0 Å². The summed E-state index contributed by atoms with van der Waals surface area (Å²) in [5.74, 6) is 0.468. The van der Waals surface area contributed by atoms with Crippen LogP contribution in [0.1, 0.15) is 25.7 Å². The molecule has 54 valence electrons. The summed E-state index contributed by atoms with van der Waals surface area (Å²) in [7, 11) is 0. The van der Waals surface area contributed by atoms with E-state index in [0.29, 0.717) is 0 Å². The maximum Gasteiger partial charge on any atom is 0.387 e. The van der Waals surface area contributed by atoms with Crippen molar-refractivity contribution in [3.63, 3.8) is 0 Å². The van der Waals surface area contributed by atoms with Crippen LogP contribution in [0.5, 0.6) is 0 Å². The van der Waals surface area contributed by atoms with E-state index in [0.717, 1.165) is 19.0 Å². The second-order valence-corrected chi connectivity index (χ2v) is 2.65. The lowest BCUT2D eigenvalue weighted by Crippen LogP contribution is -1.95. The minimum absolute atomic E-state index is 0.222. The minimum atomic E-state index is 0.222. The molecule has 3 heteroatoms. The molecule has 0 amide bonds. The van der Waals surface area contributed by atoms with E-state index in [-0.39, 0.29) is 11.7 Å². The molecule has 0 aromatic heterocycles. The van der Waals surface area contributed by atoms with E-state index < -0.39 is 0 Å². The van der Waals surface area contributed by atoms with Crippen LogP contribution in [0, 0.1) is 11.3 Å². The first-order valence-electron chi connectivity index (χ1n) is 3.58. The highest BCUT2D eigenvalue weighted by atomic mass is 16.3. The van der Waals surface area contributed by atoms with Crippen LogP contribution in [0.4, 0.5) is 0 Å². The van der Waals surface area contributed by atoms with Crippen molar-refractivity contribution < 1.29 is 5.11 Å². The van der Waals surface area contributed by atoms with Crippen LogP contribution in [0.3, 0.4) is 0 Å². The molecule has 10 heavy (non-hydrogen) atoms. The predicted molar refractivity (Wildman–Crippen MR) is 37.8 cm³/mol. The van der Waals surface area contributed by atoms with Crippen molar-refractivity contribution in [3.8, 4) is 0 Å². The van der Waals surface area contributed by atoms with E-state index in [2.05, 4.69) is 4.98 Å². The quantitative estimate of drug-likeness (QED) is 0.448. The number of rotatable bonds is 1. The van der Waals surface area contributed by atoms with Gasteiger partial charge >= 0.3 is 6.20 Å². The molecule has 1 N–H and O–H groups in total. The summed E-state index contributed by atoms with van der Waals surface area (Å²) in [4.78, 5) is 2.77. The number of diazo groups is 1. The van der Waals surface area contributed by atoms with Crippen LogP contribution < -0.4 is 0 Å². The zero-order chi connectivity index (χ0) is 7.40. The molecular formula is C7H11N2O+. The fraction of sp³-hybridized carbons (Fsp3) is 0.714. The smallest absolute Gasteiger partial charge is 0.387 e. The third-order valence-corrected chi connectivity index (χ3v) is 1.96. The molecule has 0 spiro atoms. The molecule has 0 atom stereocenters. The van der Waals surface area contributed by atoms with Gasteiger partial charge in [0.15, 0.2) is 10.7 Å². The number of hydrogen-bond donors (Lipinski definition) is 1. The van der Waals surface area contributed by atoms with Crippen LogP contribution >= 0.6 is 0 Å². The summed E-state index contributed by atoms with van der Waals surface area (Å²) < 4.78 is 0. The van der Waals surface area contributed by atoms with Crippen LogP contribution in [0.15, 0.2) is 12.0 Å². The largest absolute Gasteiger partial charge is 0.505 e. The summed E-state index contributed by atoms with van der Waals surface area (Å²) >= 11 is 0. The van der Waals surface area contributed by atoms with E-state index >= 15 is 0 Å². The van der Waals surface area contributed by atoms with Crippen molar-refractivity contribution in [3.05, 3.63) is 16.9 Å². The summed E-state index contributed by atoms with van der Waals surface area (Å²) in [6, 6.07) is 0. The SMILES string of the molecule is N#[N+]/C=C(/O)C1CCCC1. The van der Waals surface area contributed by atoms with Crippen LogP contribution in [-0.2, 0) is 0 Å². The fourth-order valence-corrected chi connectivity index (χ4v) is 1.39. The van der Waals surface area contributed by atoms with Gasteiger partial charge in [-0.15, -0.1) is 0 Å². The van der Waals surface area contributed by atoms with E-state index in [9.17, 15) is 0 Å². The molecule has 3 nitrogen and oxygen atoms in total. The van der Waals surface area contributed by atoms with Crippen molar-refractivity contribution >= 4 is 0 Å². The van der Waals surface area contributed by atoms with Gasteiger partial charge in [0.2, 0.25) is 5.39 Å². The average molecular weight is 139 g/mol. The lowest BCUT2D eigenvalue weighted by Gasteiger charge is -2.00. The Morgan fingerprint density at radius 3 is 2.60 bits per heavy atom. The summed E-state index contributed by atoms with van der Waals surface area (Å²) in [6.45, 7) is 0. The topological polar surface area (TPSA) is 48.4 Å². The molecule has 1 rings (SSSR count). The maximum atomic E-state index is 9.16. The van der Waals surface area contributed by atoms with Gasteiger partial charge in [0.05, 0.1) is 0 Å². The molecule has 1 aliphatic rings. The Hall–Kier alpha value is -1.04. The standard InChI is InChI=1S/C7H10N2O/c8-9-5-7(10)6-3-1-2-4-6/h5-6H,1-4H2/p+1/b7-5+. The Labute approximate surface area is 60.0 Å². The van der Waals surface area contributed by atoms with Crippen molar-refractivity contribution in [2.24, 2.45) is 5.92 Å². The predicted octanol–water partition coefficient (Wildman–Crippen LogP) is 2.43. The summed E-state index contributed by atoms with van der Waals surface area (Å²) in [5.41, 5.74) is 0. The highest BCUT2D eigenvalue weighted by Gasteiger charge is 2.21. The molecular weight excluding hydrogens is 128 g/mol. The molecule has 0 heterocycles. The fourth-order valence-electron chi connectivity index (χ4n) is 1.39. The molecule has 0 unspecified atom stereocenters. The molecule has 1 saturated carbocycles. The normalized spacial score (nSPS) is 20.9. The van der Waals surface area contributed by atoms with Gasteiger partial charge in [-0.3, -0.25) is 0 Å². The van der Waals surface area contributed by atoms with Crippen LogP contribution in [-0.4, -0.2) is 5.11 Å². The van der Waals surface area contributed by atoms with E-state index in [1.165, 1.54) is 12.8 Å². The van der Waals surface area contributed by atoms with Crippen LogP contribution in [0.2, 0.25) is 0 Å². The molecule has 0 bridgehead atoms. The van der Waals surface area contributed by atoms with Gasteiger partial charge in [-0.2, -0.15) is 0 Å². The van der Waals surface area contributed by atoms with Gasteiger partial charge in [0.1, 0.15) is 0 Å². The van der Waals surface area contributed by atoms with Crippen molar-refractivity contribution in [1.29, 1.82) is 5.39 Å². The molecule has 0 saturated heterocycles. The first kappa shape index (κ1) is 7.07. The second-order valence-electron chi connectivity index (χ2n) is 2.65. The third-order valence-electron chi connectivity index (χ3n) is 1.96. The average Bonchev–Trinajstić information content (AvgIpc) is 2.38. The van der Waals surface area contributed by atoms with E-state index in [1.807, 2.05) is 0 Å². The van der Waals surface area contributed by atoms with Crippen molar-refractivity contribution in [1.82, 2.24) is 0 Å². The Morgan fingerprint density at radius 1 is 1.50 bits per heavy atom. The number of aliphatic hydroxyl groups excluding tert-OH is 1. The first-order chi connectivity index (χ1) is 4.84. The molecule has 1 fully saturated rings. The molecule has 0 aliphatic heterocycles. The van der Waals surface area contributed by atoms with Gasteiger partial charge in [0, 0.05) is 5.92 Å². The number of aliphatic hydroxyl groups is 1. The van der Waals surface area contributed by atoms with E-state index in [1.54, 1.807) is 0 Å². The van der Waals surface area contributed by atoms with Gasteiger partial charge < -0.3 is 5.11 Å². The van der Waals surface area contributed by atoms with Gasteiger partial charge in [-0.1, -0.05) is 12.8 Å². The highest BCUT2D eigenvalue weighted by Crippen LogP contribution is 2.29. The molecule has 0 aromatic carbocycles. The lowest BCUT2D eigenvalue weighted by molar-refractivity contribution is 0.332. The Balaban J connectivity index is 2.49. The van der Waals surface area contributed by atoms with Gasteiger partial charge in [-0.05, 0) is 12.8 Å². The Bertz CT molecular complexity index is 175. The van der Waals surface area contributed by atoms with Crippen molar-refractivity contribution in [2.45, 2.75) is 25.7 Å². The maximum absolute atomic E-state index is 9.16. The Morgan fingerprint density at radius 2 is 2.10 bits per heavy atom. The summed E-state index contributed by atoms with van der Waals surface area (Å²) in [5, 5.41) is 17.2. The molecule has 0 aromatic rings. The van der Waals surface area contributed by atoms with E-state index in [4.69, 9.17) is 10.5 Å². The summed E-state index contributed by atoms with van der Waals surface area (Å²) in [6.07, 6.45) is 5.52. The first-order valence-corrected chi connectivity index (χ1v) is 3.58. The monoisotopic (exact) mass is 139 g/mol.